The molecule has 2 aromatic rings. The van der Waals surface area contributed by atoms with Gasteiger partial charge in [-0.2, -0.15) is 0 Å². The Morgan fingerprint density at radius 3 is 2.20 bits per heavy atom. The number of hydrogen-bond acceptors (Lipinski definition) is 5. The van der Waals surface area contributed by atoms with Crippen molar-refractivity contribution in [2.24, 2.45) is 4.99 Å². The minimum absolute atomic E-state index is 0. The van der Waals surface area contributed by atoms with Crippen LogP contribution in [0.3, 0.4) is 0 Å². The van der Waals surface area contributed by atoms with Crippen molar-refractivity contribution < 1.29 is 18.9 Å². The number of halogens is 1. The number of nitrogens with one attached hydrogen (secondary N) is 2. The lowest BCUT2D eigenvalue weighted by atomic mass is 10.1. The van der Waals surface area contributed by atoms with Gasteiger partial charge >= 0.3 is 0 Å². The largest absolute Gasteiger partial charge is 0.497 e. The van der Waals surface area contributed by atoms with Gasteiger partial charge in [-0.25, -0.2) is 0 Å². The molecule has 166 valence electrons. The quantitative estimate of drug-likeness (QED) is 0.291. The first-order valence-electron chi connectivity index (χ1n) is 9.51. The number of methoxy groups -OCH3 is 3. The molecule has 0 aromatic heterocycles. The molecule has 0 aliphatic rings. The fourth-order valence-corrected chi connectivity index (χ4v) is 2.87. The van der Waals surface area contributed by atoms with Crippen LogP contribution in [-0.2, 0) is 0 Å². The Labute approximate surface area is 196 Å². The van der Waals surface area contributed by atoms with Crippen molar-refractivity contribution in [1.29, 1.82) is 0 Å². The van der Waals surface area contributed by atoms with Gasteiger partial charge < -0.3 is 29.6 Å². The SMILES string of the molecule is CN=C(NCC(C)Oc1ccccc1OC)NC(C)c1cc(OC)ccc1OC.I. The van der Waals surface area contributed by atoms with E-state index in [0.29, 0.717) is 24.0 Å². The van der Waals surface area contributed by atoms with E-state index in [1.165, 1.54) is 0 Å². The van der Waals surface area contributed by atoms with Crippen molar-refractivity contribution in [3.63, 3.8) is 0 Å². The Bertz CT molecular complexity index is 817. The van der Waals surface area contributed by atoms with Gasteiger partial charge in [0, 0.05) is 12.6 Å². The molecular weight excluding hydrogens is 497 g/mol. The van der Waals surface area contributed by atoms with Crippen molar-refractivity contribution >= 4 is 29.9 Å². The number of guanidine groups is 1. The van der Waals surface area contributed by atoms with Crippen LogP contribution < -0.4 is 29.6 Å². The summed E-state index contributed by atoms with van der Waals surface area (Å²) >= 11 is 0. The third kappa shape index (κ3) is 7.16. The predicted molar refractivity (Wildman–Crippen MR) is 131 cm³/mol. The third-order valence-electron chi connectivity index (χ3n) is 4.43. The minimum atomic E-state index is -0.0912. The van der Waals surface area contributed by atoms with Crippen LogP contribution >= 0.6 is 24.0 Å². The van der Waals surface area contributed by atoms with Crippen LogP contribution in [0, 0.1) is 0 Å². The Balaban J connectivity index is 0.00000450. The van der Waals surface area contributed by atoms with Crippen LogP contribution in [0.1, 0.15) is 25.5 Å². The zero-order chi connectivity index (χ0) is 21.2. The first-order chi connectivity index (χ1) is 14.0. The lowest BCUT2D eigenvalue weighted by Gasteiger charge is -2.22. The van der Waals surface area contributed by atoms with Crippen molar-refractivity contribution in [3.05, 3.63) is 48.0 Å². The second-order valence-corrected chi connectivity index (χ2v) is 6.51. The molecular formula is C22H32IN3O4. The van der Waals surface area contributed by atoms with Gasteiger partial charge in [-0.3, -0.25) is 4.99 Å². The zero-order valence-electron chi connectivity index (χ0n) is 18.4. The second kappa shape index (κ2) is 13.0. The highest BCUT2D eigenvalue weighted by atomic mass is 127. The first-order valence-corrected chi connectivity index (χ1v) is 9.51. The second-order valence-electron chi connectivity index (χ2n) is 6.51. The molecule has 2 atom stereocenters. The molecule has 7 nitrogen and oxygen atoms in total. The van der Waals surface area contributed by atoms with Gasteiger partial charge in [-0.1, -0.05) is 12.1 Å². The van der Waals surface area contributed by atoms with E-state index in [2.05, 4.69) is 15.6 Å². The number of rotatable bonds is 9. The third-order valence-corrected chi connectivity index (χ3v) is 4.43. The molecule has 0 amide bonds. The van der Waals surface area contributed by atoms with Crippen molar-refractivity contribution in [2.45, 2.75) is 26.0 Å². The van der Waals surface area contributed by atoms with Crippen LogP contribution in [0.4, 0.5) is 0 Å². The topological polar surface area (TPSA) is 73.3 Å². The molecule has 2 unspecified atom stereocenters. The number of nitrogens with zero attached hydrogens (tertiary/aromatic N) is 1. The monoisotopic (exact) mass is 529 g/mol. The fraction of sp³-hybridized carbons (Fsp3) is 0.409. The molecule has 0 radical (unpaired) electrons. The van der Waals surface area contributed by atoms with Crippen molar-refractivity contribution in [1.82, 2.24) is 10.6 Å². The van der Waals surface area contributed by atoms with Crippen LogP contribution in [0.2, 0.25) is 0 Å². The summed E-state index contributed by atoms with van der Waals surface area (Å²) in [7, 11) is 6.66. The highest BCUT2D eigenvalue weighted by Crippen LogP contribution is 2.29. The molecule has 0 aliphatic carbocycles. The number of hydrogen-bond donors (Lipinski definition) is 2. The van der Waals surface area contributed by atoms with E-state index in [1.807, 2.05) is 56.3 Å². The van der Waals surface area contributed by atoms with E-state index < -0.39 is 0 Å². The van der Waals surface area contributed by atoms with Gasteiger partial charge in [0.1, 0.15) is 17.6 Å². The Kier molecular flexibility index (Phi) is 11.2. The minimum Gasteiger partial charge on any atom is -0.497 e. The van der Waals surface area contributed by atoms with E-state index in [0.717, 1.165) is 17.1 Å². The summed E-state index contributed by atoms with van der Waals surface area (Å²) in [6.45, 7) is 4.60. The van der Waals surface area contributed by atoms with Crippen LogP contribution in [0.15, 0.2) is 47.5 Å². The summed E-state index contributed by atoms with van der Waals surface area (Å²) in [6.07, 6.45) is -0.0912. The summed E-state index contributed by atoms with van der Waals surface area (Å²) in [4.78, 5) is 4.31. The molecule has 0 aliphatic heterocycles. The predicted octanol–water partition coefficient (Wildman–Crippen LogP) is 4.02. The molecule has 0 saturated carbocycles. The lowest BCUT2D eigenvalue weighted by Crippen LogP contribution is -2.42. The maximum absolute atomic E-state index is 5.98. The van der Waals surface area contributed by atoms with Gasteiger partial charge in [-0.05, 0) is 44.2 Å². The average molecular weight is 529 g/mol. The van der Waals surface area contributed by atoms with E-state index in [9.17, 15) is 0 Å². The Hall–Kier alpha value is -2.36. The van der Waals surface area contributed by atoms with Gasteiger partial charge in [0.15, 0.2) is 17.5 Å². The molecule has 2 N–H and O–H groups in total. The van der Waals surface area contributed by atoms with Gasteiger partial charge in [0.25, 0.3) is 0 Å². The summed E-state index contributed by atoms with van der Waals surface area (Å²) in [6, 6.07) is 13.3. The normalized spacial score (nSPS) is 12.8. The highest BCUT2D eigenvalue weighted by Gasteiger charge is 2.15. The Morgan fingerprint density at radius 2 is 1.60 bits per heavy atom. The zero-order valence-corrected chi connectivity index (χ0v) is 20.7. The molecule has 30 heavy (non-hydrogen) atoms. The number of ether oxygens (including phenoxy) is 4. The maximum atomic E-state index is 5.98. The van der Waals surface area contributed by atoms with E-state index >= 15 is 0 Å². The van der Waals surface area contributed by atoms with Crippen LogP contribution in [-0.4, -0.2) is 47.0 Å². The van der Waals surface area contributed by atoms with Crippen LogP contribution in [0.25, 0.3) is 0 Å². The van der Waals surface area contributed by atoms with Crippen LogP contribution in [0.5, 0.6) is 23.0 Å². The number of para-hydroxylation sites is 2. The number of aliphatic imine (C=N–C) groups is 1. The maximum Gasteiger partial charge on any atom is 0.191 e. The fourth-order valence-electron chi connectivity index (χ4n) is 2.87. The van der Waals surface area contributed by atoms with Gasteiger partial charge in [-0.15, -0.1) is 24.0 Å². The smallest absolute Gasteiger partial charge is 0.191 e. The lowest BCUT2D eigenvalue weighted by molar-refractivity contribution is 0.213. The first kappa shape index (κ1) is 25.7. The van der Waals surface area contributed by atoms with E-state index in [-0.39, 0.29) is 36.1 Å². The van der Waals surface area contributed by atoms with Gasteiger partial charge in [0.05, 0.1) is 33.9 Å². The molecule has 0 spiro atoms. The van der Waals surface area contributed by atoms with Gasteiger partial charge in [0.2, 0.25) is 0 Å². The molecule has 8 heteroatoms. The summed E-state index contributed by atoms with van der Waals surface area (Å²) in [5.74, 6) is 3.64. The molecule has 0 bridgehead atoms. The standard InChI is InChI=1S/C22H31N3O4.HI/c1-15(29-21-10-8-7-9-20(21)28-6)14-24-22(23-3)25-16(2)18-13-17(26-4)11-12-19(18)27-5;/h7-13,15-16H,14H2,1-6H3,(H2,23,24,25);1H. The molecule has 0 heterocycles. The Morgan fingerprint density at radius 1 is 0.933 bits per heavy atom. The average Bonchev–Trinajstić information content (AvgIpc) is 2.76. The molecule has 0 saturated heterocycles. The van der Waals surface area contributed by atoms with E-state index in [4.69, 9.17) is 18.9 Å². The van der Waals surface area contributed by atoms with Crippen molar-refractivity contribution in [2.75, 3.05) is 34.9 Å². The molecule has 2 aromatic carbocycles. The molecule has 2 rings (SSSR count). The van der Waals surface area contributed by atoms with Crippen molar-refractivity contribution in [3.8, 4) is 23.0 Å². The molecule has 0 fully saturated rings. The van der Waals surface area contributed by atoms with E-state index in [1.54, 1.807) is 28.4 Å². The highest BCUT2D eigenvalue weighted by molar-refractivity contribution is 14.0. The number of benzene rings is 2. The summed E-state index contributed by atoms with van der Waals surface area (Å²) in [5, 5.41) is 6.67. The summed E-state index contributed by atoms with van der Waals surface area (Å²) in [5.41, 5.74) is 0.980. The summed E-state index contributed by atoms with van der Waals surface area (Å²) < 4.78 is 22.1.